The molecular weight excluding hydrogens is 515 g/mol. The number of benzene rings is 1. The smallest absolute Gasteiger partial charge is 0.225 e. The number of aliphatic imine (C=N–C) groups is 1. The van der Waals surface area contributed by atoms with Crippen molar-refractivity contribution >= 4 is 35.8 Å². The molecule has 174 valence electrons. The topological polar surface area (TPSA) is 74.6 Å². The number of nitrogens with one attached hydrogen (secondary N) is 2. The number of imidazole rings is 1. The van der Waals surface area contributed by atoms with Gasteiger partial charge in [0.25, 0.3) is 0 Å². The predicted octanol–water partition coefficient (Wildman–Crippen LogP) is 3.40. The second kappa shape index (κ2) is 12.2. The Labute approximate surface area is 208 Å². The first-order chi connectivity index (χ1) is 15.2. The number of halogens is 1. The van der Waals surface area contributed by atoms with Crippen molar-refractivity contribution in [3.63, 3.8) is 0 Å². The van der Waals surface area contributed by atoms with E-state index in [9.17, 15) is 4.79 Å². The molecule has 1 saturated carbocycles. The Morgan fingerprint density at radius 2 is 1.97 bits per heavy atom. The number of carbonyl (C=O) groups excluding carboxylic acids is 1. The summed E-state index contributed by atoms with van der Waals surface area (Å²) < 4.78 is 2.14. The number of amides is 1. The zero-order chi connectivity index (χ0) is 21.5. The maximum atomic E-state index is 12.7. The molecule has 8 heteroatoms. The zero-order valence-electron chi connectivity index (χ0n) is 18.9. The molecular formula is C24H35IN6O. The molecule has 1 aromatic heterocycles. The molecule has 0 spiro atoms. The number of hydrogen-bond acceptors (Lipinski definition) is 3. The molecule has 1 aliphatic heterocycles. The van der Waals surface area contributed by atoms with E-state index >= 15 is 0 Å². The van der Waals surface area contributed by atoms with E-state index in [2.05, 4.69) is 51.4 Å². The van der Waals surface area contributed by atoms with Crippen LogP contribution in [0.5, 0.6) is 0 Å². The van der Waals surface area contributed by atoms with Gasteiger partial charge < -0.3 is 20.1 Å². The lowest BCUT2D eigenvalue weighted by atomic mass is 10.1. The van der Waals surface area contributed by atoms with Crippen molar-refractivity contribution in [1.82, 2.24) is 25.1 Å². The van der Waals surface area contributed by atoms with Crippen LogP contribution in [0.4, 0.5) is 0 Å². The number of carbonyl (C=O) groups is 1. The van der Waals surface area contributed by atoms with Gasteiger partial charge in [0.2, 0.25) is 5.91 Å². The van der Waals surface area contributed by atoms with Crippen LogP contribution < -0.4 is 10.6 Å². The quantitative estimate of drug-likeness (QED) is 0.315. The van der Waals surface area contributed by atoms with Crippen LogP contribution in [-0.4, -0.2) is 52.0 Å². The predicted molar refractivity (Wildman–Crippen MR) is 138 cm³/mol. The second-order valence-corrected chi connectivity index (χ2v) is 8.55. The molecule has 1 amide bonds. The van der Waals surface area contributed by atoms with Crippen LogP contribution in [-0.2, 0) is 17.9 Å². The molecule has 1 saturated heterocycles. The van der Waals surface area contributed by atoms with E-state index in [1.165, 1.54) is 18.4 Å². The van der Waals surface area contributed by atoms with Crippen molar-refractivity contribution in [3.8, 4) is 0 Å². The maximum absolute atomic E-state index is 12.7. The SMILES string of the molecule is CCNC(=NCc1nccn1Cc1ccccc1)NC1CCN(C(=O)C2CCCC2)C1.I. The van der Waals surface area contributed by atoms with Gasteiger partial charge in [0, 0.05) is 50.5 Å². The molecule has 0 radical (unpaired) electrons. The Bertz CT molecular complexity index is 878. The summed E-state index contributed by atoms with van der Waals surface area (Å²) in [5.74, 6) is 2.33. The van der Waals surface area contributed by atoms with Gasteiger partial charge in [-0.25, -0.2) is 9.98 Å². The molecule has 2 fully saturated rings. The lowest BCUT2D eigenvalue weighted by Gasteiger charge is -2.21. The van der Waals surface area contributed by atoms with Crippen LogP contribution in [0.2, 0.25) is 0 Å². The highest BCUT2D eigenvalue weighted by Gasteiger charge is 2.32. The molecule has 32 heavy (non-hydrogen) atoms. The van der Waals surface area contributed by atoms with Gasteiger partial charge in [-0.3, -0.25) is 4.79 Å². The highest BCUT2D eigenvalue weighted by Crippen LogP contribution is 2.27. The van der Waals surface area contributed by atoms with E-state index in [1.807, 2.05) is 23.4 Å². The second-order valence-electron chi connectivity index (χ2n) is 8.55. The molecule has 1 atom stereocenters. The summed E-state index contributed by atoms with van der Waals surface area (Å²) in [6, 6.07) is 10.6. The largest absolute Gasteiger partial charge is 0.357 e. The fourth-order valence-electron chi connectivity index (χ4n) is 4.59. The highest BCUT2D eigenvalue weighted by molar-refractivity contribution is 14.0. The van der Waals surface area contributed by atoms with Gasteiger partial charge in [-0.1, -0.05) is 43.2 Å². The average Bonchev–Trinajstić information content (AvgIpc) is 3.55. The first-order valence-corrected chi connectivity index (χ1v) is 11.6. The molecule has 7 nitrogen and oxygen atoms in total. The lowest BCUT2D eigenvalue weighted by Crippen LogP contribution is -2.45. The van der Waals surface area contributed by atoms with Crippen LogP contribution in [0.15, 0.2) is 47.7 Å². The Kier molecular flexibility index (Phi) is 9.37. The molecule has 0 bridgehead atoms. The average molecular weight is 550 g/mol. The fourth-order valence-corrected chi connectivity index (χ4v) is 4.59. The number of hydrogen-bond donors (Lipinski definition) is 2. The van der Waals surface area contributed by atoms with Crippen LogP contribution in [0.25, 0.3) is 0 Å². The number of nitrogens with zero attached hydrogens (tertiary/aromatic N) is 4. The summed E-state index contributed by atoms with van der Waals surface area (Å²) in [4.78, 5) is 24.0. The Morgan fingerprint density at radius 3 is 2.72 bits per heavy atom. The van der Waals surface area contributed by atoms with Crippen molar-refractivity contribution in [3.05, 3.63) is 54.1 Å². The van der Waals surface area contributed by atoms with Gasteiger partial charge in [-0.15, -0.1) is 24.0 Å². The van der Waals surface area contributed by atoms with E-state index < -0.39 is 0 Å². The highest BCUT2D eigenvalue weighted by atomic mass is 127. The first-order valence-electron chi connectivity index (χ1n) is 11.6. The van der Waals surface area contributed by atoms with E-state index in [0.717, 1.165) is 57.2 Å². The van der Waals surface area contributed by atoms with Crippen molar-refractivity contribution in [2.24, 2.45) is 10.9 Å². The minimum absolute atomic E-state index is 0. The summed E-state index contributed by atoms with van der Waals surface area (Å²) in [5.41, 5.74) is 1.24. The van der Waals surface area contributed by atoms with Crippen LogP contribution in [0.3, 0.4) is 0 Å². The number of guanidine groups is 1. The van der Waals surface area contributed by atoms with Crippen LogP contribution in [0, 0.1) is 5.92 Å². The van der Waals surface area contributed by atoms with Gasteiger partial charge in [0.1, 0.15) is 12.4 Å². The Balaban J connectivity index is 0.00000289. The van der Waals surface area contributed by atoms with Gasteiger partial charge in [-0.05, 0) is 31.7 Å². The summed E-state index contributed by atoms with van der Waals surface area (Å²) >= 11 is 0. The monoisotopic (exact) mass is 550 g/mol. The summed E-state index contributed by atoms with van der Waals surface area (Å²) in [7, 11) is 0. The normalized spacial score (nSPS) is 19.1. The van der Waals surface area contributed by atoms with Gasteiger partial charge in [-0.2, -0.15) is 0 Å². The molecule has 2 heterocycles. The third-order valence-electron chi connectivity index (χ3n) is 6.27. The van der Waals surface area contributed by atoms with Crippen molar-refractivity contribution in [2.75, 3.05) is 19.6 Å². The van der Waals surface area contributed by atoms with Gasteiger partial charge in [0.05, 0.1) is 0 Å². The minimum Gasteiger partial charge on any atom is -0.357 e. The summed E-state index contributed by atoms with van der Waals surface area (Å²) in [6.45, 7) is 5.76. The van der Waals surface area contributed by atoms with Crippen LogP contribution >= 0.6 is 24.0 Å². The molecule has 4 rings (SSSR count). The van der Waals surface area contributed by atoms with Gasteiger partial charge in [0.15, 0.2) is 5.96 Å². The molecule has 2 aromatic rings. The minimum atomic E-state index is 0. The number of aromatic nitrogens is 2. The number of likely N-dealkylation sites (tertiary alicyclic amines) is 1. The number of rotatable bonds is 7. The van der Waals surface area contributed by atoms with E-state index in [4.69, 9.17) is 4.99 Å². The van der Waals surface area contributed by atoms with Crippen molar-refractivity contribution in [1.29, 1.82) is 0 Å². The Morgan fingerprint density at radius 1 is 1.19 bits per heavy atom. The molecule has 1 unspecified atom stereocenters. The van der Waals surface area contributed by atoms with Crippen LogP contribution in [0.1, 0.15) is 50.4 Å². The first kappa shape index (κ1) is 24.5. The Hall–Kier alpha value is -2.10. The van der Waals surface area contributed by atoms with E-state index in [-0.39, 0.29) is 35.9 Å². The third-order valence-corrected chi connectivity index (χ3v) is 6.27. The van der Waals surface area contributed by atoms with Gasteiger partial charge >= 0.3 is 0 Å². The van der Waals surface area contributed by atoms with Crippen molar-refractivity contribution < 1.29 is 4.79 Å². The third kappa shape index (κ3) is 6.46. The molecule has 1 aliphatic carbocycles. The zero-order valence-corrected chi connectivity index (χ0v) is 21.2. The van der Waals surface area contributed by atoms with E-state index in [1.54, 1.807) is 0 Å². The summed E-state index contributed by atoms with van der Waals surface area (Å²) in [5, 5.41) is 6.87. The fraction of sp³-hybridized carbons (Fsp3) is 0.542. The van der Waals surface area contributed by atoms with Crippen molar-refractivity contribution in [2.45, 2.75) is 58.2 Å². The lowest BCUT2D eigenvalue weighted by molar-refractivity contribution is -0.134. The molecule has 2 N–H and O–H groups in total. The van der Waals surface area contributed by atoms with E-state index in [0.29, 0.717) is 12.5 Å². The molecule has 1 aromatic carbocycles. The maximum Gasteiger partial charge on any atom is 0.225 e. The standard InChI is InChI=1S/C24H34N6O.HI/c1-2-25-24(28-21-12-14-30(18-21)23(31)20-10-6-7-11-20)27-16-22-26-13-15-29(22)17-19-8-4-3-5-9-19;/h3-5,8-9,13,15,20-21H,2,6-7,10-12,14,16-18H2,1H3,(H2,25,27,28);1H. The molecule has 2 aliphatic rings. The summed E-state index contributed by atoms with van der Waals surface area (Å²) in [6.07, 6.45) is 9.32.